The first-order valence-electron chi connectivity index (χ1n) is 10.8. The highest BCUT2D eigenvalue weighted by Crippen LogP contribution is 2.26. The van der Waals surface area contributed by atoms with Crippen molar-refractivity contribution in [2.24, 2.45) is 0 Å². The highest BCUT2D eigenvalue weighted by molar-refractivity contribution is 7.71. The molecule has 1 aliphatic rings. The zero-order valence-electron chi connectivity index (χ0n) is 18.1. The summed E-state index contributed by atoms with van der Waals surface area (Å²) in [6.45, 7) is 1.57. The second kappa shape index (κ2) is 8.84. The number of carbonyl (C=O) groups excluding carboxylic acids is 1. The van der Waals surface area contributed by atoms with Gasteiger partial charge in [0.25, 0.3) is 11.5 Å². The van der Waals surface area contributed by atoms with Crippen LogP contribution in [0.15, 0.2) is 47.3 Å². The van der Waals surface area contributed by atoms with Gasteiger partial charge in [-0.25, -0.2) is 0 Å². The molecule has 170 valence electrons. The summed E-state index contributed by atoms with van der Waals surface area (Å²) >= 11 is 5.50. The lowest BCUT2D eigenvalue weighted by Crippen LogP contribution is -2.31. The topological polar surface area (TPSA) is 101 Å². The van der Waals surface area contributed by atoms with Gasteiger partial charge in [0.1, 0.15) is 11.3 Å². The number of hydrogen-bond donors (Lipinski definition) is 3. The average Bonchev–Trinajstić information content (AvgIpc) is 3.48. The van der Waals surface area contributed by atoms with Crippen molar-refractivity contribution in [3.05, 3.63) is 68.7 Å². The molecule has 0 radical (unpaired) electrons. The molecule has 2 aromatic heterocycles. The van der Waals surface area contributed by atoms with Crippen LogP contribution in [-0.4, -0.2) is 46.8 Å². The van der Waals surface area contributed by atoms with Crippen molar-refractivity contribution >= 4 is 40.1 Å². The predicted molar refractivity (Wildman–Crippen MR) is 129 cm³/mol. The van der Waals surface area contributed by atoms with Crippen LogP contribution in [0.2, 0.25) is 0 Å². The minimum Gasteiger partial charge on any atom is -0.497 e. The maximum absolute atomic E-state index is 13.2. The number of H-pyrrole nitrogens is 2. The summed E-state index contributed by atoms with van der Waals surface area (Å²) in [6.07, 6.45) is 2.11. The van der Waals surface area contributed by atoms with Gasteiger partial charge < -0.3 is 24.8 Å². The van der Waals surface area contributed by atoms with Crippen LogP contribution in [0.1, 0.15) is 28.8 Å². The second-order valence-electron chi connectivity index (χ2n) is 8.15. The molecule has 0 spiro atoms. The van der Waals surface area contributed by atoms with Crippen molar-refractivity contribution in [1.82, 2.24) is 19.9 Å². The number of benzene rings is 2. The van der Waals surface area contributed by atoms with E-state index in [4.69, 9.17) is 21.7 Å². The molecule has 0 saturated carbocycles. The molecule has 3 N–H and O–H groups in total. The Morgan fingerprint density at radius 1 is 1.21 bits per heavy atom. The van der Waals surface area contributed by atoms with Crippen LogP contribution in [0.4, 0.5) is 0 Å². The Balaban J connectivity index is 1.38. The summed E-state index contributed by atoms with van der Waals surface area (Å²) in [5.74, 6) is 0.563. The predicted octanol–water partition coefficient (Wildman–Crippen LogP) is 3.51. The number of hydrogen-bond acceptors (Lipinski definition) is 5. The Labute approximate surface area is 194 Å². The van der Waals surface area contributed by atoms with E-state index < -0.39 is 0 Å². The normalized spacial score (nSPS) is 15.8. The van der Waals surface area contributed by atoms with Crippen LogP contribution in [0.3, 0.4) is 0 Å². The first kappa shape index (κ1) is 21.4. The third-order valence-corrected chi connectivity index (χ3v) is 6.34. The summed E-state index contributed by atoms with van der Waals surface area (Å²) in [5.41, 5.74) is 3.16. The van der Waals surface area contributed by atoms with Gasteiger partial charge in [0.2, 0.25) is 0 Å². The Morgan fingerprint density at radius 3 is 2.76 bits per heavy atom. The van der Waals surface area contributed by atoms with E-state index >= 15 is 0 Å². The molecule has 1 saturated heterocycles. The van der Waals surface area contributed by atoms with E-state index in [1.807, 2.05) is 30.3 Å². The van der Waals surface area contributed by atoms with Crippen molar-refractivity contribution in [3.8, 4) is 5.75 Å². The van der Waals surface area contributed by atoms with E-state index in [1.54, 1.807) is 19.2 Å². The summed E-state index contributed by atoms with van der Waals surface area (Å²) in [4.78, 5) is 32.0. The van der Waals surface area contributed by atoms with Gasteiger partial charge >= 0.3 is 0 Å². The first-order chi connectivity index (χ1) is 16.0. The molecule has 5 rings (SSSR count). The van der Waals surface area contributed by atoms with E-state index in [0.29, 0.717) is 40.2 Å². The van der Waals surface area contributed by atoms with Crippen molar-refractivity contribution < 1.29 is 14.3 Å². The zero-order chi connectivity index (χ0) is 22.9. The first-order valence-corrected chi connectivity index (χ1v) is 11.3. The number of amides is 1. The Kier molecular flexibility index (Phi) is 5.74. The monoisotopic (exact) mass is 464 g/mol. The largest absolute Gasteiger partial charge is 0.497 e. The maximum atomic E-state index is 13.2. The van der Waals surface area contributed by atoms with Crippen molar-refractivity contribution in [3.63, 3.8) is 0 Å². The van der Waals surface area contributed by atoms with Crippen LogP contribution >= 0.6 is 12.2 Å². The van der Waals surface area contributed by atoms with E-state index in [9.17, 15) is 9.59 Å². The summed E-state index contributed by atoms with van der Waals surface area (Å²) in [6, 6.07) is 12.8. The number of methoxy groups -OCH3 is 1. The third kappa shape index (κ3) is 4.17. The molecular formula is C24H24N4O4S. The van der Waals surface area contributed by atoms with Gasteiger partial charge in [-0.2, -0.15) is 0 Å². The fourth-order valence-corrected chi connectivity index (χ4v) is 4.44. The van der Waals surface area contributed by atoms with Crippen LogP contribution < -0.4 is 15.6 Å². The summed E-state index contributed by atoms with van der Waals surface area (Å²) < 4.78 is 12.7. The number of ether oxygens (including phenoxy) is 2. The molecule has 1 atom stereocenters. The van der Waals surface area contributed by atoms with Gasteiger partial charge in [-0.15, -0.1) is 0 Å². The Hall–Kier alpha value is -3.43. The van der Waals surface area contributed by atoms with Gasteiger partial charge in [0, 0.05) is 29.6 Å². The SMILES string of the molecule is COc1ccc2[nH]c3c(=O)n(Cc4ccc(C(=O)NC[C@@H]5CCCO5)cc4)c(=S)[nH]c3c2c1. The number of carbonyl (C=O) groups is 1. The van der Waals surface area contributed by atoms with E-state index in [0.717, 1.165) is 35.9 Å². The number of aromatic nitrogens is 3. The van der Waals surface area contributed by atoms with Crippen molar-refractivity contribution in [1.29, 1.82) is 0 Å². The smallest absolute Gasteiger partial charge is 0.278 e. The molecule has 8 nitrogen and oxygen atoms in total. The van der Waals surface area contributed by atoms with E-state index in [-0.39, 0.29) is 17.6 Å². The quantitative estimate of drug-likeness (QED) is 0.379. The molecule has 2 aromatic carbocycles. The lowest BCUT2D eigenvalue weighted by molar-refractivity contribution is 0.0858. The second-order valence-corrected chi connectivity index (χ2v) is 8.54. The fourth-order valence-electron chi connectivity index (χ4n) is 4.19. The molecule has 1 fully saturated rings. The van der Waals surface area contributed by atoms with Gasteiger partial charge in [-0.05, 0) is 61.0 Å². The molecular weight excluding hydrogens is 440 g/mol. The van der Waals surface area contributed by atoms with Crippen LogP contribution in [-0.2, 0) is 11.3 Å². The van der Waals surface area contributed by atoms with Gasteiger partial charge in [-0.1, -0.05) is 12.1 Å². The van der Waals surface area contributed by atoms with Crippen molar-refractivity contribution in [2.75, 3.05) is 20.3 Å². The number of aromatic amines is 2. The molecule has 4 aromatic rings. The molecule has 0 unspecified atom stereocenters. The Morgan fingerprint density at radius 2 is 2.03 bits per heavy atom. The van der Waals surface area contributed by atoms with Crippen molar-refractivity contribution in [2.45, 2.75) is 25.5 Å². The minimum absolute atomic E-state index is 0.0995. The average molecular weight is 465 g/mol. The van der Waals surface area contributed by atoms with Gasteiger partial charge in [0.15, 0.2) is 4.77 Å². The van der Waals surface area contributed by atoms with E-state index in [1.165, 1.54) is 4.57 Å². The number of nitrogens with one attached hydrogen (secondary N) is 3. The lowest BCUT2D eigenvalue weighted by Gasteiger charge is -2.11. The zero-order valence-corrected chi connectivity index (χ0v) is 19.0. The summed E-state index contributed by atoms with van der Waals surface area (Å²) in [7, 11) is 1.60. The number of nitrogens with zero attached hydrogens (tertiary/aromatic N) is 1. The summed E-state index contributed by atoms with van der Waals surface area (Å²) in [5, 5.41) is 3.76. The van der Waals surface area contributed by atoms with Gasteiger partial charge in [0.05, 0.1) is 25.3 Å². The maximum Gasteiger partial charge on any atom is 0.278 e. The number of fused-ring (bicyclic) bond motifs is 3. The van der Waals surface area contributed by atoms with Crippen LogP contribution in [0, 0.1) is 4.77 Å². The Bertz CT molecular complexity index is 1450. The fraction of sp³-hybridized carbons (Fsp3) is 0.292. The highest BCUT2D eigenvalue weighted by atomic mass is 32.1. The molecule has 1 amide bonds. The molecule has 1 aliphatic heterocycles. The standard InChI is InChI=1S/C24H24N4O4S/c1-31-16-8-9-19-18(11-16)20-21(26-19)23(30)28(24(33)27-20)13-14-4-6-15(7-5-14)22(29)25-12-17-3-2-10-32-17/h4-9,11,17,26H,2-3,10,12-13H2,1H3,(H,25,29)(H,27,33)/t17-/m0/s1. The van der Waals surface area contributed by atoms with Crippen LogP contribution in [0.25, 0.3) is 21.9 Å². The highest BCUT2D eigenvalue weighted by Gasteiger charge is 2.17. The molecule has 3 heterocycles. The van der Waals surface area contributed by atoms with E-state index in [2.05, 4.69) is 15.3 Å². The molecule has 9 heteroatoms. The van der Waals surface area contributed by atoms with Crippen LogP contribution in [0.5, 0.6) is 5.75 Å². The minimum atomic E-state index is -0.206. The lowest BCUT2D eigenvalue weighted by atomic mass is 10.1. The number of rotatable bonds is 6. The molecule has 0 bridgehead atoms. The molecule has 0 aliphatic carbocycles. The van der Waals surface area contributed by atoms with Gasteiger partial charge in [-0.3, -0.25) is 14.2 Å². The molecule has 33 heavy (non-hydrogen) atoms. The third-order valence-electron chi connectivity index (χ3n) is 6.01.